The van der Waals surface area contributed by atoms with Crippen molar-refractivity contribution < 1.29 is 37.2 Å². The van der Waals surface area contributed by atoms with E-state index in [0.717, 1.165) is 0 Å². The van der Waals surface area contributed by atoms with Crippen molar-refractivity contribution >= 4 is 71.0 Å². The molecule has 16 heteroatoms. The van der Waals surface area contributed by atoms with Gasteiger partial charge in [0, 0.05) is 33.7 Å². The predicted octanol–water partition coefficient (Wildman–Crippen LogP) is 8.97. The Morgan fingerprint density at radius 1 is 0.714 bits per heavy atom. The molecule has 0 aliphatic rings. The zero-order chi connectivity index (χ0) is 30.2. The highest BCUT2D eigenvalue weighted by Crippen LogP contribution is 2.57. The number of ether oxygens (including phenoxy) is 2. The zero-order valence-corrected chi connectivity index (χ0v) is 27.7. The van der Waals surface area contributed by atoms with E-state index in [1.165, 1.54) is 6.92 Å². The van der Waals surface area contributed by atoms with Gasteiger partial charge >= 0.3 is 24.9 Å². The molecule has 3 N–H and O–H groups in total. The number of carbonyl (C=O) groups is 2. The highest BCUT2D eigenvalue weighted by atomic mass is 35.9. The molecule has 0 radical (unpaired) electrons. The molecule has 2 rings (SSSR count). The van der Waals surface area contributed by atoms with Gasteiger partial charge in [0.1, 0.15) is 23.6 Å². The van der Waals surface area contributed by atoms with Crippen molar-refractivity contribution in [1.29, 1.82) is 0 Å². The molecule has 0 saturated heterocycles. The number of esters is 2. The van der Waals surface area contributed by atoms with E-state index in [4.69, 9.17) is 53.5 Å². The molecule has 0 spiro atoms. The molecule has 2 aromatic carbocycles. The number of nitrogens with two attached hydrogens (primary N) is 1. The van der Waals surface area contributed by atoms with Crippen LogP contribution in [0.5, 0.6) is 11.5 Å². The zero-order valence-electron chi connectivity index (χ0n) is 22.9. The fourth-order valence-electron chi connectivity index (χ4n) is 2.21. The maximum atomic E-state index is 12.0. The third-order valence-corrected chi connectivity index (χ3v) is 6.18. The van der Waals surface area contributed by atoms with Gasteiger partial charge in [-0.3, -0.25) is 9.59 Å². The first-order chi connectivity index (χ1) is 17.9. The minimum atomic E-state index is -3.65. The first-order valence-electron chi connectivity index (χ1n) is 11.6. The molecule has 3 atom stereocenters. The summed E-state index contributed by atoms with van der Waals surface area (Å²) in [4.78, 5) is 22.2. The van der Waals surface area contributed by atoms with Crippen molar-refractivity contribution in [3.8, 4) is 11.5 Å². The summed E-state index contributed by atoms with van der Waals surface area (Å²) in [6.45, 7) is 6.50. The molecule has 0 aliphatic carbocycles. The lowest BCUT2D eigenvalue weighted by Gasteiger charge is -2.19. The van der Waals surface area contributed by atoms with Crippen molar-refractivity contribution in [2.24, 2.45) is 5.73 Å². The molecule has 0 bridgehead atoms. The fraction of sp³-hybridized carbons (Fsp3) is 0.462. The Labute approximate surface area is 271 Å². The summed E-state index contributed by atoms with van der Waals surface area (Å²) in [5.74, 6) is -0.115. The third-order valence-electron chi connectivity index (χ3n) is 3.70. The number of hydrogen-bond donors (Lipinski definition) is 2. The second-order valence-corrected chi connectivity index (χ2v) is 15.2. The highest BCUT2D eigenvalue weighted by Gasteiger charge is 2.28. The lowest BCUT2D eigenvalue weighted by Crippen LogP contribution is -2.34. The Bertz CT molecular complexity index is 1090. The molecule has 0 aliphatic heterocycles. The summed E-state index contributed by atoms with van der Waals surface area (Å²) >= 11 is 16.1. The minimum absolute atomic E-state index is 0. The van der Waals surface area contributed by atoms with Gasteiger partial charge in [0.15, 0.2) is 0 Å². The van der Waals surface area contributed by atoms with Crippen molar-refractivity contribution in [3.05, 3.63) is 60.7 Å². The summed E-state index contributed by atoms with van der Waals surface area (Å²) < 4.78 is 42.2. The maximum Gasteiger partial charge on any atom is 0.428 e. The van der Waals surface area contributed by atoms with Crippen LogP contribution in [0.15, 0.2) is 60.7 Å². The molecule has 0 fully saturated rings. The van der Waals surface area contributed by atoms with Gasteiger partial charge in [-0.1, -0.05) is 51.3 Å². The Morgan fingerprint density at radius 3 is 1.38 bits per heavy atom. The van der Waals surface area contributed by atoms with Crippen LogP contribution in [0.25, 0.3) is 0 Å². The van der Waals surface area contributed by atoms with E-state index < -0.39 is 31.0 Å². The van der Waals surface area contributed by atoms with Gasteiger partial charge < -0.3 is 24.3 Å². The number of carbonyl (C=O) groups excluding carboxylic acids is 2. The summed E-state index contributed by atoms with van der Waals surface area (Å²) in [6.07, 6.45) is -3.76. The topological polar surface area (TPSA) is 143 Å². The maximum absolute atomic E-state index is 12.0. The molecule has 0 saturated carbocycles. The van der Waals surface area contributed by atoms with Gasteiger partial charge in [0.05, 0.1) is 12.2 Å². The number of halogens is 4. The average molecular weight is 716 g/mol. The molecule has 1 unspecified atom stereocenters. The van der Waals surface area contributed by atoms with E-state index in [9.17, 15) is 18.7 Å². The van der Waals surface area contributed by atoms with E-state index in [2.05, 4.69) is 9.61 Å². The molecule has 2 aromatic rings. The Kier molecular flexibility index (Phi) is 27.0. The number of nitrogens with one attached hydrogen (secondary N) is 1. The minimum Gasteiger partial charge on any atom is -0.462 e. The van der Waals surface area contributed by atoms with Crippen LogP contribution in [0.2, 0.25) is 0 Å². The fourth-order valence-corrected chi connectivity index (χ4v) is 4.74. The largest absolute Gasteiger partial charge is 0.462 e. The van der Waals surface area contributed by atoms with Gasteiger partial charge in [0.25, 0.3) is 0 Å². The highest BCUT2D eigenvalue weighted by molar-refractivity contribution is 8.05. The van der Waals surface area contributed by atoms with Gasteiger partial charge in [0.2, 0.25) is 0 Å². The SMILES string of the molecule is C.C.CC(C)OC(=O)[C@H](C)N.CC(C)OC(=O)[C@H](C)NP(=O)(Cl)Oc1ccccc1.Cl.O=P(Cl)(Cl)Oc1ccccc1. The van der Waals surface area contributed by atoms with Crippen molar-refractivity contribution in [2.45, 2.75) is 80.7 Å². The molecule has 42 heavy (non-hydrogen) atoms. The van der Waals surface area contributed by atoms with Gasteiger partial charge in [-0.05, 0) is 65.8 Å². The Hall–Kier alpha value is -1.48. The molecule has 10 nitrogen and oxygen atoms in total. The van der Waals surface area contributed by atoms with E-state index in [-0.39, 0.29) is 45.4 Å². The number of hydrogen-bond acceptors (Lipinski definition) is 9. The van der Waals surface area contributed by atoms with Gasteiger partial charge in [-0.25, -0.2) is 14.2 Å². The molecule has 0 aromatic heterocycles. The molecule has 244 valence electrons. The molecular formula is C26H44Cl4N2O8P2. The van der Waals surface area contributed by atoms with E-state index in [0.29, 0.717) is 11.5 Å². The van der Waals surface area contributed by atoms with Crippen molar-refractivity contribution in [1.82, 2.24) is 5.09 Å². The van der Waals surface area contributed by atoms with Crippen LogP contribution in [0.3, 0.4) is 0 Å². The van der Waals surface area contributed by atoms with Crippen LogP contribution in [0.1, 0.15) is 56.4 Å². The quantitative estimate of drug-likeness (QED) is 0.181. The predicted molar refractivity (Wildman–Crippen MR) is 176 cm³/mol. The second-order valence-electron chi connectivity index (χ2n) is 8.31. The molecule has 0 heterocycles. The first-order valence-corrected chi connectivity index (χ1v) is 17.6. The summed E-state index contributed by atoms with van der Waals surface area (Å²) in [7, 11) is 0. The van der Waals surface area contributed by atoms with Crippen LogP contribution in [-0.4, -0.2) is 36.2 Å². The molecule has 0 amide bonds. The lowest BCUT2D eigenvalue weighted by molar-refractivity contribution is -0.149. The molecular weight excluding hydrogens is 672 g/mol. The van der Waals surface area contributed by atoms with Crippen LogP contribution >= 0.6 is 59.1 Å². The lowest BCUT2D eigenvalue weighted by atomic mass is 10.3. The smallest absolute Gasteiger partial charge is 0.428 e. The van der Waals surface area contributed by atoms with Crippen LogP contribution in [-0.2, 0) is 28.2 Å². The van der Waals surface area contributed by atoms with Crippen molar-refractivity contribution in [3.63, 3.8) is 0 Å². The monoisotopic (exact) mass is 714 g/mol. The van der Waals surface area contributed by atoms with Crippen molar-refractivity contribution in [2.75, 3.05) is 0 Å². The van der Waals surface area contributed by atoms with Gasteiger partial charge in [-0.15, -0.1) is 12.4 Å². The van der Waals surface area contributed by atoms with E-state index in [1.54, 1.807) is 95.3 Å². The normalized spacial score (nSPS) is 12.9. The number of benzene rings is 2. The van der Waals surface area contributed by atoms with Crippen LogP contribution < -0.4 is 19.9 Å². The standard InChI is InChI=1S/C12H17ClNO4P.C6H5Cl2O2P.C6H13NO2.2CH4.ClH/c1-9(2)17-12(15)10(3)14-19(13,16)18-11-7-5-4-6-8-11;7-11(8,9)10-6-4-2-1-3-5-6;1-4(2)9-6(8)5(3)7;;;/h4-10H,1-3H3,(H,14,16);1-5H;4-5H,7H2,1-3H3;2*1H4;1H/t10-,19?;;5-;;;/m0.0.../s1. The number of rotatable bonds is 10. The van der Waals surface area contributed by atoms with E-state index >= 15 is 0 Å². The Morgan fingerprint density at radius 2 is 1.07 bits per heavy atom. The average Bonchev–Trinajstić information content (AvgIpc) is 2.78. The van der Waals surface area contributed by atoms with Gasteiger partial charge in [-0.2, -0.15) is 0 Å². The summed E-state index contributed by atoms with van der Waals surface area (Å²) in [5.41, 5.74) is 5.21. The second kappa shape index (κ2) is 23.9. The summed E-state index contributed by atoms with van der Waals surface area (Å²) in [6, 6.07) is 15.7. The van der Waals surface area contributed by atoms with Crippen LogP contribution in [0.4, 0.5) is 0 Å². The van der Waals surface area contributed by atoms with E-state index in [1.807, 2.05) is 0 Å². The third kappa shape index (κ3) is 26.2. The first kappa shape index (κ1) is 47.5. The van der Waals surface area contributed by atoms with Crippen LogP contribution in [0, 0.1) is 0 Å². The number of para-hydroxylation sites is 2. The summed E-state index contributed by atoms with van der Waals surface area (Å²) in [5, 5.41) is 2.43. The Balaban J connectivity index is -0.000000270.